The standard InChI is InChI=1S/C37H22BN3/c39-23-24-11-4-5-14-27(24)25-21-34-36-35(22-25)41-32-19-8-6-15-28(32)29-16-10-18-31(37(29)41)38(36)30-17-7-9-20-33(30)40(34)26-12-2-1-3-13-26/h1-22H. The summed E-state index contributed by atoms with van der Waals surface area (Å²) in [4.78, 5) is 2.40. The van der Waals surface area contributed by atoms with E-state index in [1.165, 1.54) is 49.6 Å². The van der Waals surface area contributed by atoms with Crippen LogP contribution in [-0.4, -0.2) is 11.3 Å². The molecule has 3 nitrogen and oxygen atoms in total. The predicted octanol–water partition coefficient (Wildman–Crippen LogP) is 6.94. The lowest BCUT2D eigenvalue weighted by atomic mass is 9.33. The van der Waals surface area contributed by atoms with Crippen molar-refractivity contribution in [2.75, 3.05) is 4.90 Å². The molecule has 6 aromatic carbocycles. The van der Waals surface area contributed by atoms with Crippen molar-refractivity contribution in [2.45, 2.75) is 0 Å². The zero-order chi connectivity index (χ0) is 27.1. The maximum atomic E-state index is 10.1. The van der Waals surface area contributed by atoms with E-state index in [1.54, 1.807) is 0 Å². The number of hydrogen-bond acceptors (Lipinski definition) is 2. The molecule has 2 aliphatic rings. The summed E-state index contributed by atoms with van der Waals surface area (Å²) in [6.45, 7) is 0.0944. The maximum Gasteiger partial charge on any atom is 0.252 e. The van der Waals surface area contributed by atoms with Gasteiger partial charge in [-0.05, 0) is 70.0 Å². The van der Waals surface area contributed by atoms with Crippen LogP contribution in [0.4, 0.5) is 17.1 Å². The fourth-order valence-corrected chi connectivity index (χ4v) is 7.20. The van der Waals surface area contributed by atoms with Gasteiger partial charge in [0.2, 0.25) is 0 Å². The van der Waals surface area contributed by atoms with E-state index in [2.05, 4.69) is 131 Å². The van der Waals surface area contributed by atoms with Crippen LogP contribution in [0.2, 0.25) is 0 Å². The third kappa shape index (κ3) is 2.93. The summed E-state index contributed by atoms with van der Waals surface area (Å²) in [5, 5.41) is 12.6. The van der Waals surface area contributed by atoms with Gasteiger partial charge in [0.15, 0.2) is 0 Å². The second-order valence-corrected chi connectivity index (χ2v) is 10.8. The molecule has 0 saturated carbocycles. The highest BCUT2D eigenvalue weighted by Gasteiger charge is 2.42. The predicted molar refractivity (Wildman–Crippen MR) is 170 cm³/mol. The quantitative estimate of drug-likeness (QED) is 0.232. The molecule has 0 saturated heterocycles. The van der Waals surface area contributed by atoms with Gasteiger partial charge in [0.1, 0.15) is 0 Å². The molecule has 2 aliphatic heterocycles. The first-order chi connectivity index (χ1) is 20.3. The number of nitriles is 1. The fraction of sp³-hybridized carbons (Fsp3) is 0. The zero-order valence-electron chi connectivity index (χ0n) is 22.1. The van der Waals surface area contributed by atoms with Crippen LogP contribution in [0, 0.1) is 11.3 Å². The van der Waals surface area contributed by atoms with Crippen molar-refractivity contribution in [1.82, 2.24) is 4.57 Å². The van der Waals surface area contributed by atoms with Gasteiger partial charge in [0, 0.05) is 39.0 Å². The van der Waals surface area contributed by atoms with Crippen LogP contribution in [0.5, 0.6) is 0 Å². The summed E-state index contributed by atoms with van der Waals surface area (Å²) in [6, 6.07) is 49.9. The smallest absolute Gasteiger partial charge is 0.252 e. The molecule has 0 aliphatic carbocycles. The normalized spacial score (nSPS) is 12.8. The minimum Gasteiger partial charge on any atom is -0.311 e. The van der Waals surface area contributed by atoms with E-state index in [9.17, 15) is 5.26 Å². The first-order valence-corrected chi connectivity index (χ1v) is 14.0. The first-order valence-electron chi connectivity index (χ1n) is 14.0. The number of rotatable bonds is 2. The molecule has 41 heavy (non-hydrogen) atoms. The van der Waals surface area contributed by atoms with Crippen molar-refractivity contribution in [3.63, 3.8) is 0 Å². The molecule has 4 heteroatoms. The zero-order valence-corrected chi connectivity index (χ0v) is 22.1. The summed E-state index contributed by atoms with van der Waals surface area (Å²) in [5.74, 6) is 0. The molecule has 7 aromatic rings. The number of fused-ring (bicyclic) bond motifs is 7. The van der Waals surface area contributed by atoms with E-state index < -0.39 is 0 Å². The Morgan fingerprint density at radius 1 is 0.585 bits per heavy atom. The highest BCUT2D eigenvalue weighted by molar-refractivity contribution is 7.00. The summed E-state index contributed by atoms with van der Waals surface area (Å²) in [5.41, 5.74) is 13.7. The number of benzene rings is 6. The Morgan fingerprint density at radius 3 is 2.20 bits per heavy atom. The van der Waals surface area contributed by atoms with Crippen molar-refractivity contribution in [3.05, 3.63) is 139 Å². The van der Waals surface area contributed by atoms with Crippen LogP contribution < -0.4 is 21.3 Å². The topological polar surface area (TPSA) is 32.0 Å². The van der Waals surface area contributed by atoms with Gasteiger partial charge in [-0.25, -0.2) is 0 Å². The van der Waals surface area contributed by atoms with E-state index in [0.29, 0.717) is 5.56 Å². The third-order valence-electron chi connectivity index (χ3n) is 8.81. The molecular formula is C37H22BN3. The molecule has 188 valence electrons. The van der Waals surface area contributed by atoms with Gasteiger partial charge in [-0.3, -0.25) is 0 Å². The number of aromatic nitrogens is 1. The van der Waals surface area contributed by atoms with Crippen molar-refractivity contribution >= 4 is 62.0 Å². The van der Waals surface area contributed by atoms with Crippen LogP contribution in [0.25, 0.3) is 38.6 Å². The molecule has 0 atom stereocenters. The summed E-state index contributed by atoms with van der Waals surface area (Å²) < 4.78 is 2.46. The Labute approximate surface area is 238 Å². The minimum absolute atomic E-state index is 0.0944. The van der Waals surface area contributed by atoms with Gasteiger partial charge in [0.25, 0.3) is 6.71 Å². The molecule has 9 rings (SSSR count). The van der Waals surface area contributed by atoms with Crippen LogP contribution in [-0.2, 0) is 0 Å². The van der Waals surface area contributed by atoms with Gasteiger partial charge < -0.3 is 9.47 Å². The molecule has 3 heterocycles. The molecule has 0 bridgehead atoms. The largest absolute Gasteiger partial charge is 0.311 e. The van der Waals surface area contributed by atoms with Crippen LogP contribution in [0.1, 0.15) is 5.56 Å². The summed E-state index contributed by atoms with van der Waals surface area (Å²) in [6.07, 6.45) is 0. The third-order valence-corrected chi connectivity index (χ3v) is 8.81. The van der Waals surface area contributed by atoms with Crippen molar-refractivity contribution < 1.29 is 0 Å². The summed E-state index contributed by atoms with van der Waals surface area (Å²) in [7, 11) is 0. The van der Waals surface area contributed by atoms with E-state index in [-0.39, 0.29) is 6.71 Å². The van der Waals surface area contributed by atoms with Gasteiger partial charge in [0.05, 0.1) is 17.1 Å². The second kappa shape index (κ2) is 8.24. The number of hydrogen-bond donors (Lipinski definition) is 0. The highest BCUT2D eigenvalue weighted by Crippen LogP contribution is 2.43. The molecule has 0 amide bonds. The lowest BCUT2D eigenvalue weighted by Crippen LogP contribution is -2.60. The first kappa shape index (κ1) is 22.3. The van der Waals surface area contributed by atoms with E-state index in [4.69, 9.17) is 0 Å². The van der Waals surface area contributed by atoms with Gasteiger partial charge in [-0.2, -0.15) is 5.26 Å². The lowest BCUT2D eigenvalue weighted by molar-refractivity contribution is 1.18. The van der Waals surface area contributed by atoms with Crippen LogP contribution in [0.15, 0.2) is 133 Å². The highest BCUT2D eigenvalue weighted by atomic mass is 15.2. The van der Waals surface area contributed by atoms with E-state index in [0.717, 1.165) is 22.5 Å². The van der Waals surface area contributed by atoms with Crippen molar-refractivity contribution in [3.8, 4) is 22.9 Å². The molecule has 0 N–H and O–H groups in total. The summed E-state index contributed by atoms with van der Waals surface area (Å²) >= 11 is 0. The lowest BCUT2D eigenvalue weighted by Gasteiger charge is -2.40. The second-order valence-electron chi connectivity index (χ2n) is 10.8. The van der Waals surface area contributed by atoms with E-state index >= 15 is 0 Å². The Bertz CT molecular complexity index is 2240. The monoisotopic (exact) mass is 519 g/mol. The molecule has 0 fully saturated rings. The Morgan fingerprint density at radius 2 is 1.29 bits per heavy atom. The minimum atomic E-state index is 0.0944. The van der Waals surface area contributed by atoms with Gasteiger partial charge in [-0.1, -0.05) is 91.0 Å². The molecule has 0 unspecified atom stereocenters. The molecule has 0 radical (unpaired) electrons. The van der Waals surface area contributed by atoms with Gasteiger partial charge >= 0.3 is 0 Å². The van der Waals surface area contributed by atoms with Gasteiger partial charge in [-0.15, -0.1) is 0 Å². The number of anilines is 3. The Kier molecular flexibility index (Phi) is 4.48. The molecule has 1 aromatic heterocycles. The van der Waals surface area contributed by atoms with Crippen LogP contribution >= 0.6 is 0 Å². The average Bonchev–Trinajstić information content (AvgIpc) is 3.38. The Balaban J connectivity index is 1.50. The number of nitrogens with zero attached hydrogens (tertiary/aromatic N) is 3. The maximum absolute atomic E-state index is 10.1. The van der Waals surface area contributed by atoms with E-state index in [1.807, 2.05) is 18.2 Å². The van der Waals surface area contributed by atoms with Crippen LogP contribution in [0.3, 0.4) is 0 Å². The SMILES string of the molecule is N#Cc1ccccc1-c1cc2c3c(c1)-n1c4ccccc4c4cccc(c41)B3c1ccccc1N2c1ccccc1. The van der Waals surface area contributed by atoms with Crippen molar-refractivity contribution in [1.29, 1.82) is 5.26 Å². The fourth-order valence-electron chi connectivity index (χ4n) is 7.20. The number of para-hydroxylation sites is 4. The Hall–Kier alpha value is -5.53. The molecular weight excluding hydrogens is 497 g/mol. The molecule has 0 spiro atoms. The van der Waals surface area contributed by atoms with Crippen molar-refractivity contribution in [2.24, 2.45) is 0 Å². The average molecular weight is 519 g/mol.